The van der Waals surface area contributed by atoms with E-state index in [9.17, 15) is 0 Å². The highest BCUT2D eigenvalue weighted by atomic mass is 28.4. The molecule has 0 heterocycles. The van der Waals surface area contributed by atoms with E-state index in [4.69, 9.17) is 4.43 Å². The summed E-state index contributed by atoms with van der Waals surface area (Å²) in [6.07, 6.45) is 3.39. The van der Waals surface area contributed by atoms with Gasteiger partial charge in [0.15, 0.2) is 0 Å². The minimum atomic E-state index is -1.49. The lowest BCUT2D eigenvalue weighted by atomic mass is 10.2. The molecule has 16 heavy (non-hydrogen) atoms. The molecule has 0 aliphatic heterocycles. The van der Waals surface area contributed by atoms with Gasteiger partial charge in [0.25, 0.3) is 0 Å². The Morgan fingerprint density at radius 1 is 1.06 bits per heavy atom. The van der Waals surface area contributed by atoms with Crippen LogP contribution >= 0.6 is 0 Å². The molecule has 0 aliphatic rings. The lowest BCUT2D eigenvalue weighted by Gasteiger charge is -2.41. The Morgan fingerprint density at radius 2 is 1.50 bits per heavy atom. The zero-order valence-electron chi connectivity index (χ0n) is 12.7. The van der Waals surface area contributed by atoms with Gasteiger partial charge in [0.1, 0.15) is 8.07 Å². The van der Waals surface area contributed by atoms with Gasteiger partial charge < -0.3 is 4.43 Å². The third-order valence-corrected chi connectivity index (χ3v) is 9.62. The van der Waals surface area contributed by atoms with Crippen molar-refractivity contribution >= 4 is 16.4 Å². The molecular weight excluding hydrogens is 228 g/mol. The van der Waals surface area contributed by atoms with Crippen LogP contribution in [0.2, 0.25) is 37.8 Å². The Hall–Kier alpha value is -0.0262. The maximum Gasteiger partial charge on any atom is 0.241 e. The number of hydrogen-bond donors (Lipinski definition) is 0. The van der Waals surface area contributed by atoms with Crippen LogP contribution in [0.25, 0.3) is 0 Å². The molecule has 0 aromatic heterocycles. The molecule has 0 aliphatic carbocycles. The molecule has 1 nitrogen and oxygen atoms in total. The van der Waals surface area contributed by atoms with Crippen molar-refractivity contribution in [3.8, 4) is 0 Å². The third-order valence-electron chi connectivity index (χ3n) is 3.30. The normalized spacial score (nSPS) is 15.2. The van der Waals surface area contributed by atoms with E-state index in [-0.39, 0.29) is 0 Å². The highest BCUT2D eigenvalue weighted by Crippen LogP contribution is 2.41. The summed E-state index contributed by atoms with van der Waals surface area (Å²) in [6.45, 7) is 20.9. The Morgan fingerprint density at radius 3 is 1.75 bits per heavy atom. The topological polar surface area (TPSA) is 9.23 Å². The van der Waals surface area contributed by atoms with Gasteiger partial charge in [0, 0.05) is 0 Å². The van der Waals surface area contributed by atoms with Gasteiger partial charge in [0.2, 0.25) is 8.32 Å². The second-order valence-corrected chi connectivity index (χ2v) is 16.7. The summed E-state index contributed by atoms with van der Waals surface area (Å²) in [5.74, 6) is 0. The molecule has 0 aromatic rings. The molecule has 0 amide bonds. The van der Waals surface area contributed by atoms with Crippen molar-refractivity contribution in [2.75, 3.05) is 0 Å². The first-order valence-electron chi connectivity index (χ1n) is 6.31. The lowest BCUT2D eigenvalue weighted by molar-refractivity contribution is 0.443. The molecule has 0 fully saturated rings. The Balaban J connectivity index is 5.16. The molecule has 0 radical (unpaired) electrons. The van der Waals surface area contributed by atoms with E-state index in [1.807, 2.05) is 0 Å². The second kappa shape index (κ2) is 5.09. The molecule has 0 aromatic carbocycles. The van der Waals surface area contributed by atoms with Gasteiger partial charge in [-0.05, 0) is 31.1 Å². The zero-order valence-corrected chi connectivity index (χ0v) is 14.7. The van der Waals surface area contributed by atoms with Crippen LogP contribution in [0.15, 0.2) is 11.5 Å². The van der Waals surface area contributed by atoms with Crippen LogP contribution in [0.4, 0.5) is 0 Å². The fraction of sp³-hybridized carbons (Fsp3) is 0.846. The van der Waals surface area contributed by atoms with E-state index in [1.54, 1.807) is 0 Å². The van der Waals surface area contributed by atoms with E-state index in [0.29, 0.717) is 5.04 Å². The molecule has 3 heteroatoms. The van der Waals surface area contributed by atoms with E-state index >= 15 is 0 Å². The van der Waals surface area contributed by atoms with Gasteiger partial charge in [-0.1, -0.05) is 46.9 Å². The van der Waals surface area contributed by atoms with Gasteiger partial charge in [-0.2, -0.15) is 0 Å². The number of allylic oxidation sites excluding steroid dienone is 1. The summed E-state index contributed by atoms with van der Waals surface area (Å²) in [5, 5.41) is 1.68. The zero-order chi connectivity index (χ0) is 13.2. The van der Waals surface area contributed by atoms with Crippen molar-refractivity contribution in [2.24, 2.45) is 0 Å². The van der Waals surface area contributed by atoms with E-state index in [0.717, 1.165) is 6.42 Å². The van der Waals surface area contributed by atoms with Gasteiger partial charge in [-0.25, -0.2) is 0 Å². The Kier molecular flexibility index (Phi) is 5.08. The van der Waals surface area contributed by atoms with Crippen molar-refractivity contribution in [3.63, 3.8) is 0 Å². The highest BCUT2D eigenvalue weighted by Gasteiger charge is 2.41. The fourth-order valence-electron chi connectivity index (χ4n) is 1.31. The highest BCUT2D eigenvalue weighted by molar-refractivity contribution is 6.87. The van der Waals surface area contributed by atoms with Crippen LogP contribution in [-0.4, -0.2) is 16.4 Å². The predicted octanol–water partition coefficient (Wildman–Crippen LogP) is 5.18. The summed E-state index contributed by atoms with van der Waals surface area (Å²) >= 11 is 0. The first-order valence-corrected chi connectivity index (χ1v) is 12.7. The van der Waals surface area contributed by atoms with Gasteiger partial charge in [0.05, 0.1) is 5.38 Å². The summed E-state index contributed by atoms with van der Waals surface area (Å²) < 4.78 is 6.33. The first kappa shape index (κ1) is 16.0. The third kappa shape index (κ3) is 4.46. The van der Waals surface area contributed by atoms with Gasteiger partial charge in [-0.15, -0.1) is 0 Å². The SMILES string of the molecule is CC/C=C(\O[Si](C)(C)C)[Si](C)(C)C(C)(C)C. The van der Waals surface area contributed by atoms with Gasteiger partial charge >= 0.3 is 0 Å². The molecule has 0 N–H and O–H groups in total. The number of rotatable bonds is 4. The van der Waals surface area contributed by atoms with Crippen LogP contribution in [0.5, 0.6) is 0 Å². The molecular formula is C13H30OSi2. The largest absolute Gasteiger partial charge is 0.552 e. The molecule has 0 atom stereocenters. The molecule has 0 saturated carbocycles. The van der Waals surface area contributed by atoms with Crippen LogP contribution in [0.3, 0.4) is 0 Å². The number of hydrogen-bond acceptors (Lipinski definition) is 1. The molecule has 96 valence electrons. The smallest absolute Gasteiger partial charge is 0.241 e. The maximum atomic E-state index is 6.33. The van der Waals surface area contributed by atoms with Crippen molar-refractivity contribution in [1.82, 2.24) is 0 Å². The Bertz CT molecular complexity index is 254. The van der Waals surface area contributed by atoms with Crippen LogP contribution in [-0.2, 0) is 4.43 Å². The first-order chi connectivity index (χ1) is 6.92. The molecule has 0 bridgehead atoms. The quantitative estimate of drug-likeness (QED) is 0.499. The summed E-state index contributed by atoms with van der Waals surface area (Å²) in [5.41, 5.74) is 0. The van der Waals surface area contributed by atoms with Crippen LogP contribution in [0.1, 0.15) is 34.1 Å². The standard InChI is InChI=1S/C13H30OSi2/c1-10-11-12(14-15(5,6)7)16(8,9)13(2,3)4/h11H,10H2,1-9H3/b12-11+. The van der Waals surface area contributed by atoms with Gasteiger partial charge in [-0.3, -0.25) is 0 Å². The predicted molar refractivity (Wildman–Crippen MR) is 80.0 cm³/mol. The van der Waals surface area contributed by atoms with E-state index < -0.39 is 16.4 Å². The van der Waals surface area contributed by atoms with Crippen molar-refractivity contribution in [2.45, 2.75) is 71.9 Å². The molecule has 0 unspecified atom stereocenters. The summed E-state index contributed by atoms with van der Waals surface area (Å²) in [6, 6.07) is 0. The van der Waals surface area contributed by atoms with E-state index in [1.165, 1.54) is 5.38 Å². The molecule has 0 rings (SSSR count). The van der Waals surface area contributed by atoms with Crippen LogP contribution in [0, 0.1) is 0 Å². The average molecular weight is 259 g/mol. The minimum absolute atomic E-state index is 0.355. The fourth-order valence-corrected chi connectivity index (χ4v) is 5.45. The summed E-state index contributed by atoms with van der Waals surface area (Å²) in [7, 11) is -2.97. The summed E-state index contributed by atoms with van der Waals surface area (Å²) in [4.78, 5) is 0. The van der Waals surface area contributed by atoms with Crippen molar-refractivity contribution in [3.05, 3.63) is 11.5 Å². The minimum Gasteiger partial charge on any atom is -0.552 e. The second-order valence-electron chi connectivity index (χ2n) is 7.07. The maximum absolute atomic E-state index is 6.33. The van der Waals surface area contributed by atoms with E-state index in [2.05, 4.69) is 66.5 Å². The van der Waals surface area contributed by atoms with Crippen LogP contribution < -0.4 is 0 Å². The van der Waals surface area contributed by atoms with Crippen molar-refractivity contribution < 1.29 is 4.43 Å². The van der Waals surface area contributed by atoms with Crippen molar-refractivity contribution in [1.29, 1.82) is 0 Å². The monoisotopic (exact) mass is 258 g/mol. The average Bonchev–Trinajstić information content (AvgIpc) is 1.98. The molecule has 0 saturated heterocycles. The molecule has 0 spiro atoms. The lowest BCUT2D eigenvalue weighted by Crippen LogP contribution is -2.44. The Labute approximate surface area is 104 Å².